The lowest BCUT2D eigenvalue weighted by molar-refractivity contribution is 0.0936. The van der Waals surface area contributed by atoms with Crippen LogP contribution in [-0.4, -0.2) is 5.78 Å². The lowest BCUT2D eigenvalue weighted by atomic mass is 9.95. The topological polar surface area (TPSA) is 17.1 Å². The molecule has 0 saturated carbocycles. The Labute approximate surface area is 123 Å². The van der Waals surface area contributed by atoms with E-state index in [1.165, 1.54) is 24.3 Å². The molecule has 1 atom stereocenters. The summed E-state index contributed by atoms with van der Waals surface area (Å²) < 4.78 is 27.7. The first-order valence-corrected chi connectivity index (χ1v) is 7.11. The van der Waals surface area contributed by atoms with E-state index < -0.39 is 0 Å². The zero-order valence-electron chi connectivity index (χ0n) is 10.5. The highest BCUT2D eigenvalue weighted by molar-refractivity contribution is 9.10. The quantitative estimate of drug-likeness (QED) is 0.797. The number of hydrogen-bond acceptors (Lipinski definition) is 1. The van der Waals surface area contributed by atoms with Crippen molar-refractivity contribution in [2.45, 2.75) is 12.8 Å². The van der Waals surface area contributed by atoms with Crippen molar-refractivity contribution in [3.8, 4) is 0 Å². The third-order valence-corrected chi connectivity index (χ3v) is 4.43. The number of ketones is 1. The van der Waals surface area contributed by atoms with Gasteiger partial charge in [-0.25, -0.2) is 8.78 Å². The van der Waals surface area contributed by atoms with Crippen molar-refractivity contribution < 1.29 is 13.6 Å². The van der Waals surface area contributed by atoms with Crippen LogP contribution in [0.2, 0.25) is 0 Å². The van der Waals surface area contributed by atoms with Gasteiger partial charge in [0.2, 0.25) is 0 Å². The van der Waals surface area contributed by atoms with Crippen molar-refractivity contribution in [1.29, 1.82) is 0 Å². The first-order chi connectivity index (χ1) is 9.56. The molecule has 0 bridgehead atoms. The minimum atomic E-state index is -0.343. The molecule has 2 aromatic rings. The lowest BCUT2D eigenvalue weighted by Gasteiger charge is -2.10. The van der Waals surface area contributed by atoms with E-state index in [0.717, 1.165) is 0 Å². The highest BCUT2D eigenvalue weighted by Crippen LogP contribution is 2.32. The Balaban J connectivity index is 1.90. The van der Waals surface area contributed by atoms with Crippen molar-refractivity contribution in [1.82, 2.24) is 0 Å². The molecule has 0 N–H and O–H groups in total. The summed E-state index contributed by atoms with van der Waals surface area (Å²) in [5.74, 6) is -1.02. The maximum absolute atomic E-state index is 13.8. The summed E-state index contributed by atoms with van der Waals surface area (Å²) in [6.07, 6.45) is 0.787. The van der Waals surface area contributed by atoms with Crippen LogP contribution in [0.4, 0.5) is 8.78 Å². The number of Topliss-reactive ketones (excluding diaryl/α,β-unsaturated/α-hetero) is 1. The summed E-state index contributed by atoms with van der Waals surface area (Å²) in [6, 6.07) is 8.95. The maximum Gasteiger partial charge on any atom is 0.166 e. The highest BCUT2D eigenvalue weighted by atomic mass is 79.9. The molecule has 0 heterocycles. The molecule has 1 aliphatic rings. The second kappa shape index (κ2) is 5.09. The molecule has 0 saturated heterocycles. The van der Waals surface area contributed by atoms with Crippen LogP contribution < -0.4 is 0 Å². The average molecular weight is 337 g/mol. The Hall–Kier alpha value is -1.55. The predicted octanol–water partition coefficient (Wildman–Crippen LogP) is 4.33. The number of hydrogen-bond donors (Lipinski definition) is 0. The van der Waals surface area contributed by atoms with Crippen LogP contribution in [0.3, 0.4) is 0 Å². The third kappa shape index (κ3) is 2.29. The molecule has 0 aromatic heterocycles. The molecule has 1 aliphatic carbocycles. The fraction of sp³-hybridized carbons (Fsp3) is 0.188. The van der Waals surface area contributed by atoms with Gasteiger partial charge in [-0.1, -0.05) is 22.0 Å². The number of rotatable bonds is 2. The molecular weight excluding hydrogens is 326 g/mol. The Morgan fingerprint density at radius 1 is 1.20 bits per heavy atom. The van der Waals surface area contributed by atoms with Gasteiger partial charge >= 0.3 is 0 Å². The normalized spacial score (nSPS) is 17.4. The SMILES string of the molecule is O=C1c2ccc(F)cc2CC1Cc1c(F)cccc1Br. The molecule has 0 radical (unpaired) electrons. The van der Waals surface area contributed by atoms with Gasteiger partial charge in [0.15, 0.2) is 5.78 Å². The summed E-state index contributed by atoms with van der Waals surface area (Å²) in [5, 5.41) is 0. The van der Waals surface area contributed by atoms with E-state index in [2.05, 4.69) is 15.9 Å². The van der Waals surface area contributed by atoms with E-state index in [0.29, 0.717) is 34.0 Å². The van der Waals surface area contributed by atoms with Crippen LogP contribution in [0.25, 0.3) is 0 Å². The molecule has 0 amide bonds. The van der Waals surface area contributed by atoms with E-state index >= 15 is 0 Å². The first-order valence-electron chi connectivity index (χ1n) is 6.32. The first kappa shape index (κ1) is 13.4. The predicted molar refractivity (Wildman–Crippen MR) is 75.7 cm³/mol. The van der Waals surface area contributed by atoms with Crippen molar-refractivity contribution in [3.63, 3.8) is 0 Å². The minimum Gasteiger partial charge on any atom is -0.294 e. The second-order valence-electron chi connectivity index (χ2n) is 4.97. The number of carbonyl (C=O) groups is 1. The van der Waals surface area contributed by atoms with Gasteiger partial charge in [-0.05, 0) is 48.7 Å². The molecular formula is C16H11BrF2O. The minimum absolute atomic E-state index is 0.0323. The van der Waals surface area contributed by atoms with E-state index in [4.69, 9.17) is 0 Å². The third-order valence-electron chi connectivity index (χ3n) is 3.68. The fourth-order valence-corrected chi connectivity index (χ4v) is 3.19. The van der Waals surface area contributed by atoms with Crippen LogP contribution >= 0.6 is 15.9 Å². The monoisotopic (exact) mass is 336 g/mol. The Kier molecular flexibility index (Phi) is 3.42. The standard InChI is InChI=1S/C16H11BrF2O/c17-14-2-1-3-15(19)13(14)8-10-6-9-7-11(18)4-5-12(9)16(10)20/h1-5,7,10H,6,8H2. The lowest BCUT2D eigenvalue weighted by Crippen LogP contribution is -2.13. The zero-order valence-corrected chi connectivity index (χ0v) is 12.1. The van der Waals surface area contributed by atoms with E-state index in [9.17, 15) is 13.6 Å². The molecule has 0 spiro atoms. The smallest absolute Gasteiger partial charge is 0.166 e. The van der Waals surface area contributed by atoms with Gasteiger partial charge in [-0.3, -0.25) is 4.79 Å². The highest BCUT2D eigenvalue weighted by Gasteiger charge is 2.31. The maximum atomic E-state index is 13.8. The molecule has 102 valence electrons. The molecule has 4 heteroatoms. The Morgan fingerprint density at radius 2 is 2.00 bits per heavy atom. The van der Waals surface area contributed by atoms with Crippen LogP contribution in [0, 0.1) is 17.6 Å². The van der Waals surface area contributed by atoms with Crippen molar-refractivity contribution in [2.75, 3.05) is 0 Å². The van der Waals surface area contributed by atoms with Gasteiger partial charge in [0.05, 0.1) is 0 Å². The van der Waals surface area contributed by atoms with Crippen molar-refractivity contribution in [3.05, 3.63) is 69.2 Å². The fourth-order valence-electron chi connectivity index (χ4n) is 2.69. The molecule has 20 heavy (non-hydrogen) atoms. The van der Waals surface area contributed by atoms with E-state index in [1.807, 2.05) is 0 Å². The number of halogens is 3. The number of fused-ring (bicyclic) bond motifs is 1. The summed E-state index contributed by atoms with van der Waals surface area (Å²) in [6.45, 7) is 0. The Morgan fingerprint density at radius 3 is 2.75 bits per heavy atom. The summed E-state index contributed by atoms with van der Waals surface area (Å²) >= 11 is 3.31. The van der Waals surface area contributed by atoms with Gasteiger partial charge in [0.1, 0.15) is 11.6 Å². The summed E-state index contributed by atoms with van der Waals surface area (Å²) in [4.78, 5) is 12.3. The largest absolute Gasteiger partial charge is 0.294 e. The van der Waals surface area contributed by atoms with Gasteiger partial charge in [0.25, 0.3) is 0 Å². The van der Waals surface area contributed by atoms with Crippen molar-refractivity contribution in [2.24, 2.45) is 5.92 Å². The Bertz CT molecular complexity index is 677. The van der Waals surface area contributed by atoms with Gasteiger partial charge in [0, 0.05) is 21.5 Å². The second-order valence-corrected chi connectivity index (χ2v) is 5.83. The van der Waals surface area contributed by atoms with Crippen LogP contribution in [0.1, 0.15) is 21.5 Å². The number of benzene rings is 2. The van der Waals surface area contributed by atoms with E-state index in [1.54, 1.807) is 12.1 Å². The molecule has 1 unspecified atom stereocenters. The molecule has 0 fully saturated rings. The van der Waals surface area contributed by atoms with Crippen LogP contribution in [-0.2, 0) is 12.8 Å². The van der Waals surface area contributed by atoms with Crippen LogP contribution in [0.15, 0.2) is 40.9 Å². The summed E-state index contributed by atoms with van der Waals surface area (Å²) in [5.41, 5.74) is 1.77. The molecule has 0 aliphatic heterocycles. The van der Waals surface area contributed by atoms with Crippen molar-refractivity contribution >= 4 is 21.7 Å². The molecule has 1 nitrogen and oxygen atoms in total. The van der Waals surface area contributed by atoms with Gasteiger partial charge in [-0.2, -0.15) is 0 Å². The van der Waals surface area contributed by atoms with E-state index in [-0.39, 0.29) is 23.3 Å². The number of carbonyl (C=O) groups excluding carboxylic acids is 1. The van der Waals surface area contributed by atoms with Gasteiger partial charge in [-0.15, -0.1) is 0 Å². The molecule has 3 rings (SSSR count). The zero-order chi connectivity index (χ0) is 14.3. The van der Waals surface area contributed by atoms with Gasteiger partial charge < -0.3 is 0 Å². The van der Waals surface area contributed by atoms with Crippen LogP contribution in [0.5, 0.6) is 0 Å². The average Bonchev–Trinajstić information content (AvgIpc) is 2.70. The summed E-state index contributed by atoms with van der Waals surface area (Å²) in [7, 11) is 0. The molecule has 2 aromatic carbocycles.